The van der Waals surface area contributed by atoms with Crippen molar-refractivity contribution in [3.63, 3.8) is 0 Å². The topological polar surface area (TPSA) is 13.1 Å². The molecule has 0 radical (unpaired) electrons. The van der Waals surface area contributed by atoms with E-state index in [1.165, 1.54) is 0 Å². The maximum Gasteiger partial charge on any atom is 0.143 e. The van der Waals surface area contributed by atoms with Gasteiger partial charge < -0.3 is 4.42 Å². The minimum atomic E-state index is -1.14. The highest BCUT2D eigenvalue weighted by molar-refractivity contribution is 6.25. The summed E-state index contributed by atoms with van der Waals surface area (Å²) in [5.74, 6) is 0. The van der Waals surface area contributed by atoms with Gasteiger partial charge in [-0.2, -0.15) is 0 Å². The van der Waals surface area contributed by atoms with Crippen LogP contribution in [0.15, 0.2) is 186 Å². The van der Waals surface area contributed by atoms with Gasteiger partial charge in [0.25, 0.3) is 0 Å². The minimum Gasteiger partial charge on any atom is -0.455 e. The van der Waals surface area contributed by atoms with Crippen LogP contribution in [-0.4, -0.2) is 0 Å². The lowest BCUT2D eigenvalue weighted by atomic mass is 9.83. The van der Waals surface area contributed by atoms with Crippen LogP contribution in [-0.2, 0) is 0 Å². The Morgan fingerprint density at radius 2 is 0.863 bits per heavy atom. The Bertz CT molecular complexity index is 4850. The summed E-state index contributed by atoms with van der Waals surface area (Å²) in [5, 5.41) is -7.92. The van der Waals surface area contributed by atoms with E-state index in [0.717, 1.165) is 0 Å². The van der Waals surface area contributed by atoms with Crippen molar-refractivity contribution in [1.29, 1.82) is 0 Å². The van der Waals surface area contributed by atoms with Gasteiger partial charge >= 0.3 is 0 Å². The Kier molecular flexibility index (Phi) is 2.50. The summed E-state index contributed by atoms with van der Waals surface area (Å²) >= 11 is 0. The van der Waals surface area contributed by atoms with Crippen LogP contribution in [0.4, 0.5) is 0 Å². The molecule has 0 N–H and O–H groups in total. The SMILES string of the molecule is [2H]c1c([2H])c([2H])c2c(oc3c([2H])c([2H])c4c([2H])c([2H])c([2H])c([2H])c4c32)c1-c1c([2H])c([2H])c(-c2c3c([2H])c([2H])c([2H])c([2H])c3c(-c3c([2H])c([2H])c4c([2H])c([2H])c([2H])c([2H])c4c3[2H])c3c([2H])c([2H])c([2H])c([2H])c23)c2c([2H])c([2H])c([2H])c([2H])c12. The van der Waals surface area contributed by atoms with Crippen molar-refractivity contribution in [2.45, 2.75) is 0 Å². The molecule has 0 amide bonds. The third kappa shape index (κ3) is 4.16. The standard InChI is InChI=1S/C50H30O/c1-2-14-33-30-34(25-24-31(33)12-1)47-39-18-7-9-20-41(39)48(42-21-10-8-19-40(42)47)43-28-27-38(36-16-5-6-17-37(36)43)44-22-11-23-45-49-35-15-4-3-13-32(35)26-29-46(49)51-50(44)45/h1-30H/i1D,2D,3D,4D,5D,6D,7D,8D,9D,10D,11D,12D,13D,14D,15D,16D,17D,18D,19D,20D,21D,22D,23D,24D,25D,26D,27D,28D,29D,30D. The molecule has 10 aromatic carbocycles. The molecule has 0 spiro atoms. The van der Waals surface area contributed by atoms with Crippen molar-refractivity contribution in [2.75, 3.05) is 0 Å². The molecule has 0 fully saturated rings. The molecule has 1 nitrogen and oxygen atoms in total. The molecule has 0 aliphatic rings. The lowest BCUT2D eigenvalue weighted by Crippen LogP contribution is -1.92. The summed E-state index contributed by atoms with van der Waals surface area (Å²) in [6.45, 7) is 0. The summed E-state index contributed by atoms with van der Waals surface area (Å²) < 4.78 is 279. The molecule has 51 heavy (non-hydrogen) atoms. The molecule has 0 unspecified atom stereocenters. The van der Waals surface area contributed by atoms with Gasteiger partial charge in [0.1, 0.15) is 11.2 Å². The predicted octanol–water partition coefficient (Wildman–Crippen LogP) is 14.4. The fourth-order valence-electron chi connectivity index (χ4n) is 6.50. The first-order valence-electron chi connectivity index (χ1n) is 30.2. The molecule has 0 saturated carbocycles. The lowest BCUT2D eigenvalue weighted by molar-refractivity contribution is 0.670. The Morgan fingerprint density at radius 3 is 1.59 bits per heavy atom. The Morgan fingerprint density at radius 1 is 0.333 bits per heavy atom. The number of fused-ring (bicyclic) bond motifs is 9. The maximum absolute atomic E-state index is 10.0. The summed E-state index contributed by atoms with van der Waals surface area (Å²) in [6, 6.07) is -28.5. The summed E-state index contributed by atoms with van der Waals surface area (Å²) in [6.07, 6.45) is 0. The molecule has 236 valence electrons. The normalized spacial score (nSPS) is 20.2. The van der Waals surface area contributed by atoms with E-state index in [9.17, 15) is 16.4 Å². The molecule has 0 bridgehead atoms. The van der Waals surface area contributed by atoms with Crippen LogP contribution >= 0.6 is 0 Å². The molecule has 0 saturated heterocycles. The third-order valence-electron chi connectivity index (χ3n) is 8.62. The smallest absolute Gasteiger partial charge is 0.143 e. The second-order valence-electron chi connectivity index (χ2n) is 11.3. The van der Waals surface area contributed by atoms with E-state index in [4.69, 9.17) is 29.1 Å². The highest BCUT2D eigenvalue weighted by atomic mass is 16.3. The molecule has 1 heterocycles. The van der Waals surface area contributed by atoms with Gasteiger partial charge in [-0.1, -0.05) is 169 Å². The number of hydrogen-bond donors (Lipinski definition) is 0. The molecule has 11 aromatic rings. The summed E-state index contributed by atoms with van der Waals surface area (Å²) in [4.78, 5) is 0. The molecule has 1 heteroatoms. The lowest BCUT2D eigenvalue weighted by Gasteiger charge is -2.20. The molecule has 1 aromatic heterocycles. The van der Waals surface area contributed by atoms with Crippen LogP contribution in [0.5, 0.6) is 0 Å². The number of furan rings is 1. The van der Waals surface area contributed by atoms with Crippen molar-refractivity contribution in [3.8, 4) is 33.4 Å². The largest absolute Gasteiger partial charge is 0.455 e. The number of benzene rings is 10. The number of para-hydroxylation sites is 1. The first-order valence-corrected chi connectivity index (χ1v) is 15.2. The van der Waals surface area contributed by atoms with E-state index in [2.05, 4.69) is 0 Å². The Hall–Kier alpha value is -6.70. The van der Waals surface area contributed by atoms with Crippen molar-refractivity contribution < 1.29 is 45.5 Å². The van der Waals surface area contributed by atoms with Gasteiger partial charge in [-0.15, -0.1) is 0 Å². The van der Waals surface area contributed by atoms with Gasteiger partial charge in [0.2, 0.25) is 0 Å². The first-order chi connectivity index (χ1) is 37.8. The zero-order valence-corrected chi connectivity index (χ0v) is 25.4. The van der Waals surface area contributed by atoms with E-state index < -0.39 is 290 Å². The van der Waals surface area contributed by atoms with Crippen LogP contribution in [0.3, 0.4) is 0 Å². The fourth-order valence-corrected chi connectivity index (χ4v) is 6.50. The maximum atomic E-state index is 10.0. The predicted molar refractivity (Wildman–Crippen MR) is 218 cm³/mol. The third-order valence-corrected chi connectivity index (χ3v) is 8.62. The first kappa shape index (κ1) is 11.7. The van der Waals surface area contributed by atoms with Crippen molar-refractivity contribution in [2.24, 2.45) is 0 Å². The average molecular weight is 677 g/mol. The van der Waals surface area contributed by atoms with Crippen LogP contribution < -0.4 is 0 Å². The molecule has 0 aliphatic carbocycles. The van der Waals surface area contributed by atoms with E-state index in [1.54, 1.807) is 0 Å². The van der Waals surface area contributed by atoms with Gasteiger partial charge in [-0.3, -0.25) is 0 Å². The van der Waals surface area contributed by atoms with Crippen LogP contribution in [0.1, 0.15) is 41.1 Å². The monoisotopic (exact) mass is 676 g/mol. The number of rotatable bonds is 3. The summed E-state index contributed by atoms with van der Waals surface area (Å²) in [5.41, 5.74) is -6.08. The highest BCUT2D eigenvalue weighted by Crippen LogP contribution is 2.48. The van der Waals surface area contributed by atoms with Crippen molar-refractivity contribution >= 4 is 75.8 Å². The highest BCUT2D eigenvalue weighted by Gasteiger charge is 2.21. The quantitative estimate of drug-likeness (QED) is 0.170. The second-order valence-corrected chi connectivity index (χ2v) is 11.3. The average Bonchev–Trinajstić information content (AvgIpc) is 1.98. The van der Waals surface area contributed by atoms with E-state index in [-0.39, 0.29) is 0 Å². The number of hydrogen-bond acceptors (Lipinski definition) is 1. The molecule has 11 rings (SSSR count). The molecule has 0 aliphatic heterocycles. The van der Waals surface area contributed by atoms with Crippen LogP contribution in [0.2, 0.25) is 0 Å². The fraction of sp³-hybridized carbons (Fsp3) is 0. The minimum absolute atomic E-state index is 0.412. The molecular weight excluding hydrogens is 617 g/mol. The Balaban J connectivity index is 1.44. The molecular formula is C50H30O. The second kappa shape index (κ2) is 10.9. The van der Waals surface area contributed by atoms with Gasteiger partial charge in [0.05, 0.1) is 41.1 Å². The van der Waals surface area contributed by atoms with Gasteiger partial charge in [-0.25, -0.2) is 0 Å². The van der Waals surface area contributed by atoms with E-state index >= 15 is 0 Å². The zero-order chi connectivity index (χ0) is 59.6. The van der Waals surface area contributed by atoms with E-state index in [1.807, 2.05) is 0 Å². The molecule has 0 atom stereocenters. The van der Waals surface area contributed by atoms with E-state index in [0.29, 0.717) is 0 Å². The van der Waals surface area contributed by atoms with Crippen LogP contribution in [0.25, 0.3) is 109 Å². The van der Waals surface area contributed by atoms with Crippen molar-refractivity contribution in [1.82, 2.24) is 0 Å². The van der Waals surface area contributed by atoms with Gasteiger partial charge in [-0.05, 0) is 93.8 Å². The van der Waals surface area contributed by atoms with Crippen LogP contribution in [0, 0.1) is 0 Å². The zero-order valence-electron chi connectivity index (χ0n) is 55.4. The van der Waals surface area contributed by atoms with Crippen molar-refractivity contribution in [3.05, 3.63) is 181 Å². The van der Waals surface area contributed by atoms with Gasteiger partial charge in [0.15, 0.2) is 0 Å². The Labute approximate surface area is 336 Å². The summed E-state index contributed by atoms with van der Waals surface area (Å²) in [7, 11) is 0. The van der Waals surface area contributed by atoms with Gasteiger partial charge in [0, 0.05) is 16.3 Å².